The van der Waals surface area contributed by atoms with Gasteiger partial charge in [-0.15, -0.1) is 0 Å². The van der Waals surface area contributed by atoms with Crippen molar-refractivity contribution in [3.63, 3.8) is 0 Å². The predicted molar refractivity (Wildman–Crippen MR) is 431 cm³/mol. The zero-order valence-electron chi connectivity index (χ0n) is 60.2. The maximum absolute atomic E-state index is 7.79. The Morgan fingerprint density at radius 3 is 1.39 bits per heavy atom. The third-order valence-electron chi connectivity index (χ3n) is 21.9. The first-order valence-corrected chi connectivity index (χ1v) is 36.0. The summed E-state index contributed by atoms with van der Waals surface area (Å²) >= 11 is 0. The lowest BCUT2D eigenvalue weighted by Crippen LogP contribution is -2.59. The monoisotopic (exact) mass is 1310 g/mol. The molecular weight excluding hydrogens is 1220 g/mol. The molecule has 0 amide bonds. The molecule has 0 fully saturated rings. The van der Waals surface area contributed by atoms with Crippen LogP contribution in [0.2, 0.25) is 0 Å². The lowest BCUT2D eigenvalue weighted by atomic mass is 9.34. The average Bonchev–Trinajstić information content (AvgIpc) is 1.53. The standard InChI is InChI=1S/C95H83BN4O/c1-58-49-72(91(100-81-37-25-20-32-70(81)71-33-21-26-38-82(71)100)87(50-58)98-79-35-23-18-30-68(79)69-31-19-24-36-80(69)98)60-39-45-76-85(51-60)99(78-34-22-17-29-67(78)59-27-15-14-16-28-59)86-52-61(66-44-40-64(94(8,9)10)56-75(66)95(11,12)13)53-89-90(86)96(76)77-46-43-65(57-88(77)101-89)97-83-47-41-62(92(2,3)4)54-73(83)74-55-63(93(5,6)7)42-48-84(74)97/h14-57H,1-13H3. The van der Waals surface area contributed by atoms with Gasteiger partial charge >= 0.3 is 0 Å². The Morgan fingerprint density at radius 1 is 0.297 bits per heavy atom. The fourth-order valence-corrected chi connectivity index (χ4v) is 16.8. The molecule has 0 aliphatic carbocycles. The minimum atomic E-state index is -0.217. The SMILES string of the molecule is Cc1cc(-c2ccc3c(c2)N(c2ccccc2-c2ccccc2)c2cc(-c4ccc(C(C)(C)C)cc4C(C)(C)C)cc4c2B3c2ccc(-n3c5ccc(C(C)(C)C)cc5c5cc(C(C)(C)C)ccc53)cc2O4)c(-n2c3ccccc3c3ccccc32)c(-n2c3ccccc3c3ccccc32)c1. The highest BCUT2D eigenvalue weighted by atomic mass is 16.5. The molecule has 0 unspecified atom stereocenters. The summed E-state index contributed by atoms with van der Waals surface area (Å²) in [7, 11) is 0. The van der Waals surface area contributed by atoms with Crippen LogP contribution < -0.4 is 26.0 Å². The molecule has 3 aromatic heterocycles. The lowest BCUT2D eigenvalue weighted by Gasteiger charge is -2.41. The van der Waals surface area contributed by atoms with Crippen molar-refractivity contribution in [2.24, 2.45) is 0 Å². The van der Waals surface area contributed by atoms with Gasteiger partial charge in [0.1, 0.15) is 11.5 Å². The molecule has 13 aromatic carbocycles. The van der Waals surface area contributed by atoms with Gasteiger partial charge in [0.05, 0.1) is 50.2 Å². The third-order valence-corrected chi connectivity index (χ3v) is 21.9. The molecule has 0 atom stereocenters. The highest BCUT2D eigenvalue weighted by molar-refractivity contribution is 6.99. The van der Waals surface area contributed by atoms with E-state index in [0.717, 1.165) is 106 Å². The summed E-state index contributed by atoms with van der Waals surface area (Å²) in [4.78, 5) is 2.60. The number of aromatic nitrogens is 3. The van der Waals surface area contributed by atoms with Crippen LogP contribution in [0.1, 0.15) is 111 Å². The van der Waals surface area contributed by atoms with Crippen molar-refractivity contribution in [2.45, 2.75) is 112 Å². The first-order chi connectivity index (χ1) is 48.5. The highest BCUT2D eigenvalue weighted by Crippen LogP contribution is 2.51. The van der Waals surface area contributed by atoms with E-state index in [1.54, 1.807) is 0 Å². The van der Waals surface area contributed by atoms with Gasteiger partial charge in [0.25, 0.3) is 6.71 Å². The van der Waals surface area contributed by atoms with E-state index in [9.17, 15) is 0 Å². The van der Waals surface area contributed by atoms with Gasteiger partial charge < -0.3 is 23.3 Å². The van der Waals surface area contributed by atoms with Crippen LogP contribution in [-0.2, 0) is 21.7 Å². The number of benzene rings is 13. The summed E-state index contributed by atoms with van der Waals surface area (Å²) < 4.78 is 15.4. The van der Waals surface area contributed by atoms with Crippen LogP contribution in [0.25, 0.3) is 116 Å². The summed E-state index contributed by atoms with van der Waals surface area (Å²) in [6.07, 6.45) is 0. The molecule has 6 heteroatoms. The van der Waals surface area contributed by atoms with Gasteiger partial charge in [0, 0.05) is 66.6 Å². The van der Waals surface area contributed by atoms with Crippen molar-refractivity contribution < 1.29 is 4.74 Å². The Balaban J connectivity index is 0.946. The summed E-state index contributed by atoms with van der Waals surface area (Å²) in [5.41, 5.74) is 30.0. The predicted octanol–water partition coefficient (Wildman–Crippen LogP) is 23.9. The van der Waals surface area contributed by atoms with Crippen LogP contribution in [0.4, 0.5) is 17.1 Å². The van der Waals surface area contributed by atoms with Gasteiger partial charge in [-0.1, -0.05) is 253 Å². The van der Waals surface area contributed by atoms with Crippen LogP contribution in [0.15, 0.2) is 267 Å². The van der Waals surface area contributed by atoms with Crippen LogP contribution in [-0.4, -0.2) is 20.4 Å². The zero-order chi connectivity index (χ0) is 69.3. The number of ether oxygens (including phenoxy) is 1. The number of aryl methyl sites for hydroxylation is 1. The Kier molecular flexibility index (Phi) is 13.8. The second-order valence-corrected chi connectivity index (χ2v) is 32.6. The van der Waals surface area contributed by atoms with Gasteiger partial charge in [-0.2, -0.15) is 0 Å². The topological polar surface area (TPSA) is 27.3 Å². The van der Waals surface area contributed by atoms with E-state index < -0.39 is 0 Å². The number of hydrogen-bond acceptors (Lipinski definition) is 2. The number of rotatable bonds is 7. The van der Waals surface area contributed by atoms with Crippen LogP contribution in [0.3, 0.4) is 0 Å². The van der Waals surface area contributed by atoms with E-state index in [2.05, 4.69) is 376 Å². The van der Waals surface area contributed by atoms with Crippen LogP contribution in [0.5, 0.6) is 11.5 Å². The van der Waals surface area contributed by atoms with E-state index >= 15 is 0 Å². The van der Waals surface area contributed by atoms with Crippen molar-refractivity contribution in [3.8, 4) is 61.9 Å². The Labute approximate surface area is 593 Å². The lowest BCUT2D eigenvalue weighted by molar-refractivity contribution is 0.487. The summed E-state index contributed by atoms with van der Waals surface area (Å²) in [5, 5.41) is 7.39. The summed E-state index contributed by atoms with van der Waals surface area (Å²) in [6.45, 7) is 30.0. The van der Waals surface area contributed by atoms with Gasteiger partial charge in [-0.25, -0.2) is 0 Å². The average molecular weight is 1310 g/mol. The minimum Gasteiger partial charge on any atom is -0.458 e. The second kappa shape index (κ2) is 22.5. The maximum atomic E-state index is 7.79. The van der Waals surface area contributed by atoms with Crippen molar-refractivity contribution in [1.82, 2.24) is 13.7 Å². The molecular formula is C95H83BN4O. The summed E-state index contributed by atoms with van der Waals surface area (Å²) in [6, 6.07) is 101. The molecule has 2 aliphatic heterocycles. The van der Waals surface area contributed by atoms with E-state index in [-0.39, 0.29) is 28.4 Å². The number of hydrogen-bond donors (Lipinski definition) is 0. The quantitative estimate of drug-likeness (QED) is 0.149. The fourth-order valence-electron chi connectivity index (χ4n) is 16.8. The first kappa shape index (κ1) is 62.2. The number of anilines is 3. The molecule has 0 spiro atoms. The zero-order valence-corrected chi connectivity index (χ0v) is 60.2. The van der Waals surface area contributed by atoms with Crippen molar-refractivity contribution >= 4 is 106 Å². The molecule has 492 valence electrons. The Morgan fingerprint density at radius 2 is 0.802 bits per heavy atom. The van der Waals surface area contributed by atoms with E-state index in [1.165, 1.54) is 82.2 Å². The molecule has 2 aliphatic rings. The summed E-state index contributed by atoms with van der Waals surface area (Å²) in [5.74, 6) is 1.71. The van der Waals surface area contributed by atoms with E-state index in [1.807, 2.05) is 0 Å². The molecule has 18 rings (SSSR count). The second-order valence-electron chi connectivity index (χ2n) is 32.6. The Hall–Kier alpha value is -11.1. The molecule has 0 radical (unpaired) electrons. The minimum absolute atomic E-state index is 0.0291. The van der Waals surface area contributed by atoms with Crippen LogP contribution in [0, 0.1) is 6.92 Å². The third kappa shape index (κ3) is 9.87. The molecule has 0 bridgehead atoms. The molecule has 16 aromatic rings. The fraction of sp³-hybridized carbons (Fsp3) is 0.179. The van der Waals surface area contributed by atoms with Crippen LogP contribution >= 0.6 is 0 Å². The largest absolute Gasteiger partial charge is 0.458 e. The van der Waals surface area contributed by atoms with Crippen molar-refractivity contribution in [1.29, 1.82) is 0 Å². The number of nitrogens with zero attached hydrogens (tertiary/aromatic N) is 4. The van der Waals surface area contributed by atoms with Gasteiger partial charge in [-0.3, -0.25) is 0 Å². The van der Waals surface area contributed by atoms with Gasteiger partial charge in [0.15, 0.2) is 0 Å². The van der Waals surface area contributed by atoms with Crippen molar-refractivity contribution in [2.75, 3.05) is 4.90 Å². The molecule has 0 saturated heterocycles. The molecule has 0 N–H and O–H groups in total. The molecule has 5 nitrogen and oxygen atoms in total. The van der Waals surface area contributed by atoms with Gasteiger partial charge in [0.2, 0.25) is 0 Å². The van der Waals surface area contributed by atoms with Crippen molar-refractivity contribution in [3.05, 3.63) is 295 Å². The normalized spacial score (nSPS) is 13.2. The van der Waals surface area contributed by atoms with Gasteiger partial charge in [-0.05, 0) is 186 Å². The van der Waals surface area contributed by atoms with E-state index in [4.69, 9.17) is 4.74 Å². The molecule has 5 heterocycles. The smallest absolute Gasteiger partial charge is 0.256 e. The highest BCUT2D eigenvalue weighted by Gasteiger charge is 2.44. The first-order valence-electron chi connectivity index (χ1n) is 36.0. The molecule has 0 saturated carbocycles. The van der Waals surface area contributed by atoms with E-state index in [0.29, 0.717) is 0 Å². The maximum Gasteiger partial charge on any atom is 0.256 e. The molecule has 101 heavy (non-hydrogen) atoms. The number of para-hydroxylation sites is 5. The number of fused-ring (bicyclic) bond motifs is 13. The Bertz CT molecular complexity index is 5950.